The van der Waals surface area contributed by atoms with E-state index in [-0.39, 0.29) is 10.7 Å². The third-order valence-electron chi connectivity index (χ3n) is 3.11. The lowest BCUT2D eigenvalue weighted by Crippen LogP contribution is -2.35. The van der Waals surface area contributed by atoms with Crippen molar-refractivity contribution in [3.05, 3.63) is 27.4 Å². The highest BCUT2D eigenvalue weighted by molar-refractivity contribution is 6.33. The summed E-state index contributed by atoms with van der Waals surface area (Å²) in [6.07, 6.45) is 3.19. The van der Waals surface area contributed by atoms with Gasteiger partial charge in [0, 0.05) is 12.6 Å². The molecule has 2 rings (SSSR count). The Kier molecular flexibility index (Phi) is 3.41. The zero-order valence-electron chi connectivity index (χ0n) is 9.89. The van der Waals surface area contributed by atoms with E-state index in [1.54, 1.807) is 6.92 Å². The monoisotopic (exact) mass is 271 g/mol. The van der Waals surface area contributed by atoms with Crippen molar-refractivity contribution in [1.82, 2.24) is 4.98 Å². The highest BCUT2D eigenvalue weighted by Crippen LogP contribution is 2.39. The highest BCUT2D eigenvalue weighted by Gasteiger charge is 2.39. The average Bonchev–Trinajstić information content (AvgIpc) is 3.11. The van der Waals surface area contributed by atoms with Crippen molar-refractivity contribution < 1.29 is 10.0 Å². The molecular formula is C11H14ClN3O3. The van der Waals surface area contributed by atoms with E-state index in [1.165, 1.54) is 6.07 Å². The van der Waals surface area contributed by atoms with Crippen LogP contribution in [0.2, 0.25) is 5.02 Å². The molecule has 1 heterocycles. The summed E-state index contributed by atoms with van der Waals surface area (Å²) in [7, 11) is 0. The number of nitro groups is 1. The average molecular weight is 272 g/mol. The van der Waals surface area contributed by atoms with Crippen LogP contribution in [0.1, 0.15) is 19.8 Å². The van der Waals surface area contributed by atoms with E-state index in [9.17, 15) is 15.2 Å². The predicted molar refractivity (Wildman–Crippen MR) is 67.7 cm³/mol. The van der Waals surface area contributed by atoms with Gasteiger partial charge in [-0.05, 0) is 25.7 Å². The molecule has 1 atom stereocenters. The number of pyridine rings is 1. The van der Waals surface area contributed by atoms with Crippen LogP contribution >= 0.6 is 11.6 Å². The molecule has 0 amide bonds. The number of anilines is 1. The second-order valence-electron chi connectivity index (χ2n) is 4.77. The van der Waals surface area contributed by atoms with E-state index >= 15 is 0 Å². The number of hydrogen-bond donors (Lipinski definition) is 2. The van der Waals surface area contributed by atoms with Gasteiger partial charge in [0.2, 0.25) is 0 Å². The minimum Gasteiger partial charge on any atom is -0.388 e. The normalized spacial score (nSPS) is 18.2. The molecule has 1 fully saturated rings. The number of aliphatic hydroxyl groups is 1. The van der Waals surface area contributed by atoms with Crippen molar-refractivity contribution in [1.29, 1.82) is 0 Å². The molecule has 1 aromatic heterocycles. The summed E-state index contributed by atoms with van der Waals surface area (Å²) >= 11 is 5.89. The topological polar surface area (TPSA) is 88.3 Å². The molecule has 1 aliphatic rings. The maximum atomic E-state index is 10.5. The molecule has 0 bridgehead atoms. The first kappa shape index (κ1) is 13.0. The van der Waals surface area contributed by atoms with Gasteiger partial charge in [-0.15, -0.1) is 0 Å². The highest BCUT2D eigenvalue weighted by atomic mass is 35.5. The second kappa shape index (κ2) is 4.70. The Balaban J connectivity index is 2.03. The fourth-order valence-corrected chi connectivity index (χ4v) is 2.00. The summed E-state index contributed by atoms with van der Waals surface area (Å²) in [5.74, 6) is 0.657. The smallest absolute Gasteiger partial charge is 0.289 e. The summed E-state index contributed by atoms with van der Waals surface area (Å²) in [4.78, 5) is 13.9. The van der Waals surface area contributed by atoms with Crippen LogP contribution in [-0.2, 0) is 0 Å². The van der Waals surface area contributed by atoms with Gasteiger partial charge in [0.05, 0.1) is 15.5 Å². The lowest BCUT2D eigenvalue weighted by Gasteiger charge is -2.23. The van der Waals surface area contributed by atoms with Gasteiger partial charge in [-0.3, -0.25) is 10.1 Å². The molecular weight excluding hydrogens is 258 g/mol. The number of rotatable bonds is 5. The third-order valence-corrected chi connectivity index (χ3v) is 3.40. The fourth-order valence-electron chi connectivity index (χ4n) is 1.77. The van der Waals surface area contributed by atoms with E-state index in [0.717, 1.165) is 19.0 Å². The van der Waals surface area contributed by atoms with Gasteiger partial charge >= 0.3 is 0 Å². The molecule has 18 heavy (non-hydrogen) atoms. The summed E-state index contributed by atoms with van der Waals surface area (Å²) in [5.41, 5.74) is -0.952. The maximum Gasteiger partial charge on any atom is 0.289 e. The SMILES string of the molecule is CC(O)(CNc1ncc([N+](=O)[O-])cc1Cl)C1CC1. The van der Waals surface area contributed by atoms with E-state index in [0.29, 0.717) is 18.3 Å². The van der Waals surface area contributed by atoms with Crippen molar-refractivity contribution in [3.8, 4) is 0 Å². The van der Waals surface area contributed by atoms with Crippen LogP contribution in [0.3, 0.4) is 0 Å². The minimum atomic E-state index is -0.799. The molecule has 1 aliphatic carbocycles. The summed E-state index contributed by atoms with van der Waals surface area (Å²) < 4.78 is 0. The van der Waals surface area contributed by atoms with Gasteiger partial charge in [0.15, 0.2) is 0 Å². The molecule has 0 spiro atoms. The predicted octanol–water partition coefficient (Wildman–Crippen LogP) is 2.22. The second-order valence-corrected chi connectivity index (χ2v) is 5.17. The van der Waals surface area contributed by atoms with Gasteiger partial charge in [-0.1, -0.05) is 11.6 Å². The fraction of sp³-hybridized carbons (Fsp3) is 0.545. The molecule has 6 nitrogen and oxygen atoms in total. The van der Waals surface area contributed by atoms with Crippen LogP contribution in [0, 0.1) is 16.0 Å². The first-order valence-electron chi connectivity index (χ1n) is 5.66. The van der Waals surface area contributed by atoms with Crippen LogP contribution < -0.4 is 5.32 Å². The van der Waals surface area contributed by atoms with Gasteiger partial charge in [0.25, 0.3) is 5.69 Å². The summed E-state index contributed by atoms with van der Waals surface area (Å²) in [6.45, 7) is 2.08. The lowest BCUT2D eigenvalue weighted by molar-refractivity contribution is -0.385. The molecule has 1 saturated carbocycles. The summed E-state index contributed by atoms with van der Waals surface area (Å²) in [6, 6.07) is 1.24. The molecule has 1 unspecified atom stereocenters. The molecule has 0 aromatic carbocycles. The number of halogens is 1. The van der Waals surface area contributed by atoms with Gasteiger partial charge in [0.1, 0.15) is 12.0 Å². The molecule has 1 aromatic rings. The van der Waals surface area contributed by atoms with Gasteiger partial charge in [-0.25, -0.2) is 4.98 Å². The molecule has 0 saturated heterocycles. The Bertz CT molecular complexity index is 475. The quantitative estimate of drug-likeness (QED) is 0.633. The molecule has 0 radical (unpaired) electrons. The van der Waals surface area contributed by atoms with Crippen LogP contribution in [0.5, 0.6) is 0 Å². The van der Waals surface area contributed by atoms with Crippen molar-refractivity contribution in [2.75, 3.05) is 11.9 Å². The molecule has 2 N–H and O–H groups in total. The lowest BCUT2D eigenvalue weighted by atomic mass is 10.0. The van der Waals surface area contributed by atoms with Crippen LogP contribution in [0.4, 0.5) is 11.5 Å². The number of aromatic nitrogens is 1. The van der Waals surface area contributed by atoms with E-state index in [1.807, 2.05) is 0 Å². The Morgan fingerprint density at radius 2 is 2.39 bits per heavy atom. The van der Waals surface area contributed by atoms with E-state index in [2.05, 4.69) is 10.3 Å². The van der Waals surface area contributed by atoms with Crippen molar-refractivity contribution >= 4 is 23.1 Å². The Labute approximate surface area is 109 Å². The first-order valence-corrected chi connectivity index (χ1v) is 6.04. The number of hydrogen-bond acceptors (Lipinski definition) is 5. The Morgan fingerprint density at radius 1 is 1.72 bits per heavy atom. The van der Waals surface area contributed by atoms with E-state index in [4.69, 9.17) is 11.6 Å². The van der Waals surface area contributed by atoms with Crippen LogP contribution in [0.15, 0.2) is 12.3 Å². The van der Waals surface area contributed by atoms with E-state index < -0.39 is 10.5 Å². The van der Waals surface area contributed by atoms with Crippen LogP contribution in [-0.4, -0.2) is 27.2 Å². The third kappa shape index (κ3) is 2.88. The van der Waals surface area contributed by atoms with Crippen molar-refractivity contribution in [2.24, 2.45) is 5.92 Å². The number of nitrogens with zero attached hydrogens (tertiary/aromatic N) is 2. The van der Waals surface area contributed by atoms with Gasteiger partial charge < -0.3 is 10.4 Å². The maximum absolute atomic E-state index is 10.5. The standard InChI is InChI=1S/C11H14ClN3O3/c1-11(16,7-2-3-7)6-14-10-9(12)4-8(5-13-10)15(17)18/h4-5,7,16H,2-3,6H2,1H3,(H,13,14). The minimum absolute atomic E-state index is 0.153. The Hall–Kier alpha value is -1.40. The largest absolute Gasteiger partial charge is 0.388 e. The molecule has 7 heteroatoms. The van der Waals surface area contributed by atoms with Gasteiger partial charge in [-0.2, -0.15) is 0 Å². The molecule has 98 valence electrons. The zero-order valence-corrected chi connectivity index (χ0v) is 10.6. The van der Waals surface area contributed by atoms with Crippen molar-refractivity contribution in [3.63, 3.8) is 0 Å². The first-order chi connectivity index (χ1) is 8.40. The Morgan fingerprint density at radius 3 is 2.89 bits per heavy atom. The molecule has 0 aliphatic heterocycles. The summed E-state index contributed by atoms with van der Waals surface area (Å²) in [5, 5.41) is 23.7. The zero-order chi connectivity index (χ0) is 13.3. The van der Waals surface area contributed by atoms with Crippen LogP contribution in [0.25, 0.3) is 0 Å². The number of nitrogens with one attached hydrogen (secondary N) is 1. The van der Waals surface area contributed by atoms with Crippen molar-refractivity contribution in [2.45, 2.75) is 25.4 Å².